The van der Waals surface area contributed by atoms with Crippen molar-refractivity contribution in [1.82, 2.24) is 4.90 Å². The van der Waals surface area contributed by atoms with Crippen LogP contribution in [-0.2, 0) is 11.3 Å². The Bertz CT molecular complexity index is 608. The SMILES string of the molecule is O=C(O)[C@H]1CCCN1Cc1ccc(Oc2ccccc2)o1. The minimum Gasteiger partial charge on any atom is -0.480 e. The van der Waals surface area contributed by atoms with Crippen LogP contribution in [-0.4, -0.2) is 28.6 Å². The molecule has 0 radical (unpaired) electrons. The lowest BCUT2D eigenvalue weighted by molar-refractivity contribution is -0.142. The molecule has 0 spiro atoms. The third kappa shape index (κ3) is 3.25. The summed E-state index contributed by atoms with van der Waals surface area (Å²) in [6.45, 7) is 1.28. The van der Waals surface area contributed by atoms with E-state index in [9.17, 15) is 4.79 Å². The first kappa shape index (κ1) is 13.7. The number of para-hydroxylation sites is 1. The molecule has 1 aliphatic rings. The van der Waals surface area contributed by atoms with Gasteiger partial charge < -0.3 is 14.3 Å². The number of rotatable bonds is 5. The Morgan fingerprint density at radius 2 is 2.10 bits per heavy atom. The molecular weight excluding hydrogens is 270 g/mol. The first-order chi connectivity index (χ1) is 10.2. The van der Waals surface area contributed by atoms with Gasteiger partial charge in [-0.15, -0.1) is 0 Å². The van der Waals surface area contributed by atoms with E-state index in [4.69, 9.17) is 14.3 Å². The first-order valence-corrected chi connectivity index (χ1v) is 7.01. The molecule has 110 valence electrons. The molecule has 1 aromatic heterocycles. The third-order valence-corrected chi connectivity index (χ3v) is 3.61. The Morgan fingerprint density at radius 3 is 2.86 bits per heavy atom. The molecule has 2 heterocycles. The number of ether oxygens (including phenoxy) is 1. The molecule has 21 heavy (non-hydrogen) atoms. The van der Waals surface area contributed by atoms with Crippen LogP contribution < -0.4 is 4.74 Å². The number of nitrogens with zero attached hydrogens (tertiary/aromatic N) is 1. The molecule has 0 bridgehead atoms. The Balaban J connectivity index is 1.64. The van der Waals surface area contributed by atoms with Gasteiger partial charge in [-0.1, -0.05) is 18.2 Å². The van der Waals surface area contributed by atoms with E-state index in [1.165, 1.54) is 0 Å². The van der Waals surface area contributed by atoms with Crippen molar-refractivity contribution in [2.45, 2.75) is 25.4 Å². The molecule has 1 N–H and O–H groups in total. The molecular formula is C16H17NO4. The van der Waals surface area contributed by atoms with E-state index in [0.29, 0.717) is 30.4 Å². The molecule has 5 nitrogen and oxygen atoms in total. The molecule has 0 unspecified atom stereocenters. The number of likely N-dealkylation sites (tertiary alicyclic amines) is 1. The molecule has 0 amide bonds. The molecule has 0 aliphatic carbocycles. The summed E-state index contributed by atoms with van der Waals surface area (Å²) in [5, 5.41) is 9.16. The molecule has 3 rings (SSSR count). The zero-order chi connectivity index (χ0) is 14.7. The second-order valence-electron chi connectivity index (χ2n) is 5.10. The average molecular weight is 287 g/mol. The molecule has 1 aliphatic heterocycles. The summed E-state index contributed by atoms with van der Waals surface area (Å²) in [6, 6.07) is 12.6. The lowest BCUT2D eigenvalue weighted by Gasteiger charge is -2.19. The lowest BCUT2D eigenvalue weighted by atomic mass is 10.2. The minimum atomic E-state index is -0.764. The molecule has 1 fully saturated rings. The highest BCUT2D eigenvalue weighted by atomic mass is 16.6. The van der Waals surface area contributed by atoms with Crippen molar-refractivity contribution in [2.75, 3.05) is 6.54 Å². The predicted octanol–water partition coefficient (Wildman–Crippen LogP) is 3.12. The van der Waals surface area contributed by atoms with E-state index in [0.717, 1.165) is 13.0 Å². The van der Waals surface area contributed by atoms with Gasteiger partial charge in [-0.3, -0.25) is 9.69 Å². The van der Waals surface area contributed by atoms with E-state index in [1.807, 2.05) is 41.3 Å². The van der Waals surface area contributed by atoms with E-state index < -0.39 is 12.0 Å². The first-order valence-electron chi connectivity index (χ1n) is 7.01. The Hall–Kier alpha value is -2.27. The molecule has 5 heteroatoms. The van der Waals surface area contributed by atoms with Gasteiger partial charge in [-0.25, -0.2) is 0 Å². The van der Waals surface area contributed by atoms with Crippen molar-refractivity contribution in [3.63, 3.8) is 0 Å². The number of aliphatic carboxylic acids is 1. The number of benzene rings is 1. The van der Waals surface area contributed by atoms with Crippen LogP contribution in [0.4, 0.5) is 0 Å². The van der Waals surface area contributed by atoms with Gasteiger partial charge in [0.15, 0.2) is 0 Å². The second-order valence-corrected chi connectivity index (χ2v) is 5.10. The summed E-state index contributed by atoms with van der Waals surface area (Å²) >= 11 is 0. The van der Waals surface area contributed by atoms with Gasteiger partial charge in [-0.2, -0.15) is 0 Å². The van der Waals surface area contributed by atoms with Crippen LogP contribution >= 0.6 is 0 Å². The number of furan rings is 1. The molecule has 1 atom stereocenters. The highest BCUT2D eigenvalue weighted by molar-refractivity contribution is 5.73. The summed E-state index contributed by atoms with van der Waals surface area (Å²) in [7, 11) is 0. The Morgan fingerprint density at radius 1 is 1.29 bits per heavy atom. The third-order valence-electron chi connectivity index (χ3n) is 3.61. The largest absolute Gasteiger partial charge is 0.480 e. The van der Waals surface area contributed by atoms with Gasteiger partial charge in [0.2, 0.25) is 0 Å². The van der Waals surface area contributed by atoms with Crippen molar-refractivity contribution in [3.8, 4) is 11.7 Å². The van der Waals surface area contributed by atoms with Crippen LogP contribution in [0.15, 0.2) is 46.9 Å². The van der Waals surface area contributed by atoms with Crippen LogP contribution in [0.5, 0.6) is 11.7 Å². The zero-order valence-electron chi connectivity index (χ0n) is 11.6. The van der Waals surface area contributed by atoms with E-state index in [2.05, 4.69) is 0 Å². The number of carboxylic acids is 1. The van der Waals surface area contributed by atoms with E-state index in [-0.39, 0.29) is 0 Å². The molecule has 1 saturated heterocycles. The van der Waals surface area contributed by atoms with Gasteiger partial charge >= 0.3 is 5.97 Å². The molecule has 2 aromatic rings. The fourth-order valence-electron chi connectivity index (χ4n) is 2.60. The predicted molar refractivity (Wildman–Crippen MR) is 76.3 cm³/mol. The average Bonchev–Trinajstić information content (AvgIpc) is 3.10. The smallest absolute Gasteiger partial charge is 0.320 e. The summed E-state index contributed by atoms with van der Waals surface area (Å²) in [6.07, 6.45) is 1.61. The maximum atomic E-state index is 11.2. The number of carboxylic acid groups (broad SMARTS) is 1. The van der Waals surface area contributed by atoms with E-state index in [1.54, 1.807) is 6.07 Å². The van der Waals surface area contributed by atoms with Crippen molar-refractivity contribution in [3.05, 3.63) is 48.2 Å². The summed E-state index contributed by atoms with van der Waals surface area (Å²) in [4.78, 5) is 13.1. The van der Waals surface area contributed by atoms with Crippen molar-refractivity contribution in [2.24, 2.45) is 0 Å². The van der Waals surface area contributed by atoms with Gasteiger partial charge in [0.25, 0.3) is 5.95 Å². The highest BCUT2D eigenvalue weighted by Crippen LogP contribution is 2.26. The van der Waals surface area contributed by atoms with Crippen LogP contribution in [0.2, 0.25) is 0 Å². The van der Waals surface area contributed by atoms with Crippen molar-refractivity contribution >= 4 is 5.97 Å². The maximum Gasteiger partial charge on any atom is 0.320 e. The van der Waals surface area contributed by atoms with E-state index >= 15 is 0 Å². The standard InChI is InChI=1S/C16H17NO4/c18-16(19)14-7-4-10-17(14)11-13-8-9-15(21-13)20-12-5-2-1-3-6-12/h1-3,5-6,8-9,14H,4,7,10-11H2,(H,18,19)/t14-/m1/s1. The number of hydrogen-bond donors (Lipinski definition) is 1. The molecule has 1 aromatic carbocycles. The van der Waals surface area contributed by atoms with Crippen LogP contribution in [0.3, 0.4) is 0 Å². The monoisotopic (exact) mass is 287 g/mol. The van der Waals surface area contributed by atoms with Crippen molar-refractivity contribution < 1.29 is 19.1 Å². The fraction of sp³-hybridized carbons (Fsp3) is 0.312. The van der Waals surface area contributed by atoms with Gasteiger partial charge in [-0.05, 0) is 37.6 Å². The maximum absolute atomic E-state index is 11.2. The van der Waals surface area contributed by atoms with Crippen LogP contribution in [0.25, 0.3) is 0 Å². The quantitative estimate of drug-likeness (QED) is 0.915. The highest BCUT2D eigenvalue weighted by Gasteiger charge is 2.30. The zero-order valence-corrected chi connectivity index (χ0v) is 11.6. The summed E-state index contributed by atoms with van der Waals surface area (Å²) in [5.74, 6) is 1.08. The summed E-state index contributed by atoms with van der Waals surface area (Å²) < 4.78 is 11.2. The number of hydrogen-bond acceptors (Lipinski definition) is 4. The lowest BCUT2D eigenvalue weighted by Crippen LogP contribution is -2.35. The second kappa shape index (κ2) is 6.01. The van der Waals surface area contributed by atoms with Gasteiger partial charge in [0, 0.05) is 6.07 Å². The summed E-state index contributed by atoms with van der Waals surface area (Å²) in [5.41, 5.74) is 0. The van der Waals surface area contributed by atoms with Crippen LogP contribution in [0.1, 0.15) is 18.6 Å². The normalized spacial score (nSPS) is 18.8. The minimum absolute atomic E-state index is 0.409. The Kier molecular flexibility index (Phi) is 3.92. The van der Waals surface area contributed by atoms with Crippen molar-refractivity contribution in [1.29, 1.82) is 0 Å². The van der Waals surface area contributed by atoms with Gasteiger partial charge in [0.05, 0.1) is 6.54 Å². The Labute approximate surface area is 122 Å². The van der Waals surface area contributed by atoms with Gasteiger partial charge in [0.1, 0.15) is 17.6 Å². The number of carbonyl (C=O) groups is 1. The van der Waals surface area contributed by atoms with Crippen LogP contribution in [0, 0.1) is 0 Å². The fourth-order valence-corrected chi connectivity index (χ4v) is 2.60. The topological polar surface area (TPSA) is 62.9 Å². The molecule has 0 saturated carbocycles.